The quantitative estimate of drug-likeness (QED) is 0.389. The molecule has 43 heavy (non-hydrogen) atoms. The lowest BCUT2D eigenvalue weighted by molar-refractivity contribution is -0.134. The molecule has 2 aliphatic carbocycles. The van der Waals surface area contributed by atoms with Gasteiger partial charge in [0.05, 0.1) is 22.5 Å². The standard InChI is InChI=1S/C32H30ClN3O5S2/c33-17-7-9-18(10-8-17)36-30(38)25-20-14-21(26(25)31(36)39)27-24(20)23(28-29(42-27)34-32(40)43-28)16-5-4-6-19(13-16)41-15-22(37)35-11-2-1-3-12-35/h4-10,13,20-21,23-27H,1-3,11-12,14-15H2,(H,34,40)/t20-,21-,23-,24?,25?,26?,27?/m1/s1. The summed E-state index contributed by atoms with van der Waals surface area (Å²) in [5.74, 6) is -0.352. The maximum absolute atomic E-state index is 13.9. The van der Waals surface area contributed by atoms with Crippen LogP contribution in [-0.2, 0) is 14.4 Å². The molecule has 3 aliphatic heterocycles. The van der Waals surface area contributed by atoms with Crippen LogP contribution in [0.25, 0.3) is 0 Å². The van der Waals surface area contributed by atoms with Crippen LogP contribution < -0.4 is 14.5 Å². The van der Waals surface area contributed by atoms with Gasteiger partial charge in [0.1, 0.15) is 5.75 Å². The molecule has 3 aromatic rings. The number of nitrogens with one attached hydrogen (secondary N) is 1. The Morgan fingerprint density at radius 2 is 1.72 bits per heavy atom. The van der Waals surface area contributed by atoms with Crippen molar-refractivity contribution in [1.82, 2.24) is 9.88 Å². The van der Waals surface area contributed by atoms with Crippen molar-refractivity contribution in [2.75, 3.05) is 24.6 Å². The number of anilines is 1. The zero-order valence-corrected chi connectivity index (χ0v) is 25.6. The third-order valence-corrected chi connectivity index (χ3v) is 12.9. The van der Waals surface area contributed by atoms with Gasteiger partial charge in [0, 0.05) is 34.2 Å². The Balaban J connectivity index is 1.11. The molecular weight excluding hydrogens is 606 g/mol. The van der Waals surface area contributed by atoms with Gasteiger partial charge in [-0.15, -0.1) is 11.8 Å². The predicted octanol–water partition coefficient (Wildman–Crippen LogP) is 5.16. The van der Waals surface area contributed by atoms with Gasteiger partial charge in [-0.3, -0.25) is 24.1 Å². The van der Waals surface area contributed by atoms with Crippen LogP contribution in [-0.4, -0.2) is 52.6 Å². The van der Waals surface area contributed by atoms with E-state index < -0.39 is 0 Å². The van der Waals surface area contributed by atoms with E-state index in [9.17, 15) is 19.2 Å². The second-order valence-electron chi connectivity index (χ2n) is 12.3. The zero-order valence-electron chi connectivity index (χ0n) is 23.2. The molecule has 0 spiro atoms. The molecule has 2 bridgehead atoms. The van der Waals surface area contributed by atoms with Crippen LogP contribution in [0.1, 0.15) is 42.0 Å². The van der Waals surface area contributed by atoms with Gasteiger partial charge in [0.15, 0.2) is 6.61 Å². The molecule has 7 atom stereocenters. The second kappa shape index (κ2) is 10.5. The number of H-pyrrole nitrogens is 1. The molecule has 4 heterocycles. The number of carbonyl (C=O) groups is 3. The summed E-state index contributed by atoms with van der Waals surface area (Å²) in [6.07, 6.45) is 4.03. The number of fused-ring (bicyclic) bond motifs is 9. The largest absolute Gasteiger partial charge is 0.484 e. The first-order chi connectivity index (χ1) is 20.9. The number of amides is 3. The highest BCUT2D eigenvalue weighted by Gasteiger charge is 2.69. The van der Waals surface area contributed by atoms with E-state index in [2.05, 4.69) is 11.1 Å². The fraction of sp³-hybridized carbons (Fsp3) is 0.438. The highest BCUT2D eigenvalue weighted by Crippen LogP contribution is 2.68. The highest BCUT2D eigenvalue weighted by molar-refractivity contribution is 8.00. The number of nitrogens with zero attached hydrogens (tertiary/aromatic N) is 2. The molecular formula is C32H30ClN3O5S2. The van der Waals surface area contributed by atoms with E-state index >= 15 is 0 Å². The predicted molar refractivity (Wildman–Crippen MR) is 165 cm³/mol. The number of aromatic amines is 1. The Labute approximate surface area is 261 Å². The molecule has 3 amide bonds. The van der Waals surface area contributed by atoms with Gasteiger partial charge in [0.25, 0.3) is 5.91 Å². The van der Waals surface area contributed by atoms with Crippen molar-refractivity contribution < 1.29 is 19.1 Å². The number of rotatable bonds is 5. The molecule has 4 unspecified atom stereocenters. The van der Waals surface area contributed by atoms with Crippen molar-refractivity contribution in [1.29, 1.82) is 0 Å². The SMILES string of the molecule is O=C(COc1cccc([C@H]2c3sc(=O)[nH]c3SC3C2[C@H]2C[C@@H]3C3C(=O)N(c4ccc(Cl)cc4)C(=O)C32)c1)N1CCCCC1. The number of aromatic nitrogens is 1. The summed E-state index contributed by atoms with van der Waals surface area (Å²) < 4.78 is 6.01. The summed E-state index contributed by atoms with van der Waals surface area (Å²) in [6.45, 7) is 1.55. The van der Waals surface area contributed by atoms with Crippen molar-refractivity contribution in [3.05, 3.63) is 73.7 Å². The van der Waals surface area contributed by atoms with E-state index in [1.807, 2.05) is 23.1 Å². The number of hydrogen-bond donors (Lipinski definition) is 1. The van der Waals surface area contributed by atoms with Crippen LogP contribution >= 0.6 is 34.7 Å². The Morgan fingerprint density at radius 3 is 2.49 bits per heavy atom. The fourth-order valence-electron chi connectivity index (χ4n) is 8.41. The van der Waals surface area contributed by atoms with Gasteiger partial charge in [-0.25, -0.2) is 0 Å². The van der Waals surface area contributed by atoms with E-state index in [4.69, 9.17) is 16.3 Å². The third-order valence-electron chi connectivity index (χ3n) is 10.1. The minimum Gasteiger partial charge on any atom is -0.484 e. The lowest BCUT2D eigenvalue weighted by atomic mass is 9.68. The molecule has 1 aromatic heterocycles. The molecule has 222 valence electrons. The van der Waals surface area contributed by atoms with Crippen molar-refractivity contribution in [3.8, 4) is 5.75 Å². The monoisotopic (exact) mass is 635 g/mol. The molecule has 4 fully saturated rings. The first-order valence-electron chi connectivity index (χ1n) is 14.9. The van der Waals surface area contributed by atoms with Gasteiger partial charge in [-0.1, -0.05) is 35.1 Å². The average Bonchev–Trinajstić information content (AvgIpc) is 3.76. The van der Waals surface area contributed by atoms with E-state index in [-0.39, 0.29) is 70.0 Å². The Kier molecular flexibility index (Phi) is 6.72. The number of thioether (sulfide) groups is 1. The van der Waals surface area contributed by atoms with Crippen molar-refractivity contribution in [3.63, 3.8) is 0 Å². The molecule has 8 rings (SSSR count). The first kappa shape index (κ1) is 27.5. The van der Waals surface area contributed by atoms with E-state index in [1.54, 1.807) is 36.0 Å². The number of likely N-dealkylation sites (tertiary alicyclic amines) is 1. The summed E-state index contributed by atoms with van der Waals surface area (Å²) in [5.41, 5.74) is 1.57. The first-order valence-corrected chi connectivity index (χ1v) is 17.0. The lowest BCUT2D eigenvalue weighted by Crippen LogP contribution is -2.42. The number of halogens is 1. The average molecular weight is 636 g/mol. The topological polar surface area (TPSA) is 99.8 Å². The molecule has 1 N–H and O–H groups in total. The summed E-state index contributed by atoms with van der Waals surface area (Å²) in [6, 6.07) is 14.7. The Bertz CT molecular complexity index is 1680. The number of ether oxygens (including phenoxy) is 1. The second-order valence-corrected chi connectivity index (χ2v) is 14.9. The minimum atomic E-state index is -0.378. The molecule has 11 heteroatoms. The van der Waals surface area contributed by atoms with Crippen LogP contribution in [0.15, 0.2) is 58.4 Å². The fourth-order valence-corrected chi connectivity index (χ4v) is 11.4. The molecule has 2 saturated carbocycles. The Morgan fingerprint density at radius 1 is 0.977 bits per heavy atom. The van der Waals surface area contributed by atoms with Gasteiger partial charge in [-0.05, 0) is 85.4 Å². The molecule has 8 nitrogen and oxygen atoms in total. The number of piperidine rings is 1. The van der Waals surface area contributed by atoms with Crippen molar-refractivity contribution in [2.45, 2.75) is 41.9 Å². The summed E-state index contributed by atoms with van der Waals surface area (Å²) in [5, 5.41) is 1.51. The van der Waals surface area contributed by atoms with Gasteiger partial charge >= 0.3 is 4.87 Å². The van der Waals surface area contributed by atoms with Crippen LogP contribution in [0.3, 0.4) is 0 Å². The van der Waals surface area contributed by atoms with Crippen molar-refractivity contribution in [2.24, 2.45) is 29.6 Å². The van der Waals surface area contributed by atoms with Crippen LogP contribution in [0.4, 0.5) is 5.69 Å². The smallest absolute Gasteiger partial charge is 0.305 e. The molecule has 2 saturated heterocycles. The van der Waals surface area contributed by atoms with Gasteiger partial charge in [0.2, 0.25) is 11.8 Å². The summed E-state index contributed by atoms with van der Waals surface area (Å²) >= 11 is 8.98. The van der Waals surface area contributed by atoms with Crippen LogP contribution in [0.5, 0.6) is 5.75 Å². The van der Waals surface area contributed by atoms with E-state index in [1.165, 1.54) is 16.2 Å². The van der Waals surface area contributed by atoms with Gasteiger partial charge < -0.3 is 14.6 Å². The Hall–Kier alpha value is -3.08. The summed E-state index contributed by atoms with van der Waals surface area (Å²) in [7, 11) is 0. The summed E-state index contributed by atoms with van der Waals surface area (Å²) in [4.78, 5) is 60.3. The van der Waals surface area contributed by atoms with Crippen LogP contribution in [0, 0.1) is 29.6 Å². The number of imide groups is 1. The van der Waals surface area contributed by atoms with Gasteiger partial charge in [-0.2, -0.15) is 0 Å². The van der Waals surface area contributed by atoms with Crippen molar-refractivity contribution >= 4 is 58.1 Å². The molecule has 5 aliphatic rings. The zero-order chi connectivity index (χ0) is 29.4. The number of benzene rings is 2. The van der Waals surface area contributed by atoms with E-state index in [0.717, 1.165) is 54.2 Å². The normalized spacial score (nSPS) is 30.8. The van der Waals surface area contributed by atoms with E-state index in [0.29, 0.717) is 16.5 Å². The minimum absolute atomic E-state index is 0.000766. The number of hydrogen-bond acceptors (Lipinski definition) is 7. The lowest BCUT2D eigenvalue weighted by Gasteiger charge is -2.43. The maximum atomic E-state index is 13.9. The number of carbonyl (C=O) groups excluding carboxylic acids is 3. The highest BCUT2D eigenvalue weighted by atomic mass is 35.5. The maximum Gasteiger partial charge on any atom is 0.305 e. The number of thiazole rings is 1. The third kappa shape index (κ3) is 4.39. The van der Waals surface area contributed by atoms with Crippen LogP contribution in [0.2, 0.25) is 5.02 Å². The molecule has 2 aromatic carbocycles. The molecule has 0 radical (unpaired) electrons.